The minimum Gasteiger partial charge on any atom is -0.368 e. The molecule has 1 rings (SSSR count). The average molecular weight is 331 g/mol. The molecule has 8 nitrogen and oxygen atoms in total. The van der Waals surface area contributed by atoms with Crippen molar-refractivity contribution in [2.45, 2.75) is 0 Å². The smallest absolute Gasteiger partial charge is 0.293 e. The molecule has 0 aliphatic carbocycles. The van der Waals surface area contributed by atoms with E-state index in [1.165, 1.54) is 12.1 Å². The number of halogens is 1. The van der Waals surface area contributed by atoms with Crippen molar-refractivity contribution in [3.05, 3.63) is 32.8 Å². The van der Waals surface area contributed by atoms with E-state index in [4.69, 9.17) is 11.5 Å². The number of carbonyl (C=O) groups is 2. The Labute approximate surface area is 116 Å². The molecule has 0 unspecified atom stereocenters. The Morgan fingerprint density at radius 2 is 1.79 bits per heavy atom. The molecule has 0 aliphatic heterocycles. The molecule has 0 saturated carbocycles. The number of nitro benzene ring substituents is 1. The highest BCUT2D eigenvalue weighted by Crippen LogP contribution is 2.30. The Hall–Kier alpha value is -2.16. The summed E-state index contributed by atoms with van der Waals surface area (Å²) in [6.07, 6.45) is 0. The lowest BCUT2D eigenvalue weighted by Gasteiger charge is -2.21. The molecular weight excluding hydrogens is 320 g/mol. The maximum absolute atomic E-state index is 11.0. The van der Waals surface area contributed by atoms with Gasteiger partial charge in [0.15, 0.2) is 0 Å². The van der Waals surface area contributed by atoms with Crippen LogP contribution < -0.4 is 16.4 Å². The summed E-state index contributed by atoms with van der Waals surface area (Å²) >= 11 is 3.11. The van der Waals surface area contributed by atoms with Gasteiger partial charge in [-0.3, -0.25) is 19.7 Å². The summed E-state index contributed by atoms with van der Waals surface area (Å²) in [5, 5.41) is 11.0. The highest BCUT2D eigenvalue weighted by atomic mass is 79.9. The van der Waals surface area contributed by atoms with Crippen molar-refractivity contribution < 1.29 is 14.5 Å². The molecule has 0 bridgehead atoms. The first-order valence-electron chi connectivity index (χ1n) is 5.06. The summed E-state index contributed by atoms with van der Waals surface area (Å²) < 4.78 is 0.501. The Morgan fingerprint density at radius 3 is 2.21 bits per heavy atom. The van der Waals surface area contributed by atoms with Crippen LogP contribution in [-0.2, 0) is 9.59 Å². The van der Waals surface area contributed by atoms with Gasteiger partial charge in [-0.05, 0) is 12.1 Å². The Bertz CT molecular complexity index is 518. The van der Waals surface area contributed by atoms with Crippen LogP contribution in [0.15, 0.2) is 22.7 Å². The lowest BCUT2D eigenvalue weighted by atomic mass is 10.2. The topological polar surface area (TPSA) is 133 Å². The average Bonchev–Trinajstić information content (AvgIpc) is 2.26. The zero-order chi connectivity index (χ0) is 14.6. The van der Waals surface area contributed by atoms with Crippen LogP contribution in [0.25, 0.3) is 0 Å². The lowest BCUT2D eigenvalue weighted by Crippen LogP contribution is -2.40. The number of anilines is 1. The largest absolute Gasteiger partial charge is 0.368 e. The molecule has 1 aromatic carbocycles. The van der Waals surface area contributed by atoms with E-state index in [-0.39, 0.29) is 24.5 Å². The number of nitro groups is 1. The SMILES string of the molecule is NC(=O)CN(CC(N)=O)c1ccc(Br)cc1[N+](=O)[O-]. The third-order valence-corrected chi connectivity index (χ3v) is 2.66. The summed E-state index contributed by atoms with van der Waals surface area (Å²) in [6.45, 7) is -0.684. The fourth-order valence-electron chi connectivity index (χ4n) is 1.51. The van der Waals surface area contributed by atoms with Crippen molar-refractivity contribution in [1.82, 2.24) is 0 Å². The highest BCUT2D eigenvalue weighted by molar-refractivity contribution is 9.10. The molecule has 9 heteroatoms. The van der Waals surface area contributed by atoms with E-state index in [1.54, 1.807) is 6.07 Å². The van der Waals surface area contributed by atoms with Crippen molar-refractivity contribution in [3.63, 3.8) is 0 Å². The number of benzene rings is 1. The first-order valence-corrected chi connectivity index (χ1v) is 5.86. The van der Waals surface area contributed by atoms with Crippen molar-refractivity contribution >= 4 is 39.1 Å². The number of hydrogen-bond donors (Lipinski definition) is 2. The summed E-state index contributed by atoms with van der Waals surface area (Å²) in [6, 6.07) is 4.23. The Balaban J connectivity index is 3.24. The molecule has 0 fully saturated rings. The van der Waals surface area contributed by atoms with Crippen LogP contribution in [0.5, 0.6) is 0 Å². The van der Waals surface area contributed by atoms with E-state index in [0.717, 1.165) is 4.90 Å². The van der Waals surface area contributed by atoms with Gasteiger partial charge in [-0.2, -0.15) is 0 Å². The molecule has 0 saturated heterocycles. The molecule has 0 radical (unpaired) electrons. The monoisotopic (exact) mass is 330 g/mol. The van der Waals surface area contributed by atoms with Gasteiger partial charge in [0, 0.05) is 10.5 Å². The van der Waals surface area contributed by atoms with Crippen LogP contribution in [0.3, 0.4) is 0 Å². The number of nitrogens with zero attached hydrogens (tertiary/aromatic N) is 2. The van der Waals surface area contributed by atoms with Gasteiger partial charge in [0.05, 0.1) is 18.0 Å². The van der Waals surface area contributed by atoms with Gasteiger partial charge in [0.1, 0.15) is 5.69 Å². The highest BCUT2D eigenvalue weighted by Gasteiger charge is 2.22. The van der Waals surface area contributed by atoms with Crippen LogP contribution in [0.1, 0.15) is 0 Å². The molecule has 1 aromatic rings. The molecular formula is C10H11BrN4O4. The zero-order valence-electron chi connectivity index (χ0n) is 9.71. The number of primary amides is 2. The van der Waals surface area contributed by atoms with Crippen molar-refractivity contribution in [2.24, 2.45) is 11.5 Å². The second-order valence-corrected chi connectivity index (χ2v) is 4.59. The van der Waals surface area contributed by atoms with Gasteiger partial charge < -0.3 is 16.4 Å². The predicted molar refractivity (Wildman–Crippen MR) is 71.4 cm³/mol. The van der Waals surface area contributed by atoms with Gasteiger partial charge in [0.25, 0.3) is 5.69 Å². The van der Waals surface area contributed by atoms with Crippen LogP contribution >= 0.6 is 15.9 Å². The lowest BCUT2D eigenvalue weighted by molar-refractivity contribution is -0.384. The van der Waals surface area contributed by atoms with Gasteiger partial charge in [-0.1, -0.05) is 15.9 Å². The normalized spacial score (nSPS) is 9.95. The minimum absolute atomic E-state index is 0.103. The van der Waals surface area contributed by atoms with Crippen LogP contribution in [0.2, 0.25) is 0 Å². The van der Waals surface area contributed by atoms with Crippen LogP contribution in [0, 0.1) is 10.1 Å². The maximum Gasteiger partial charge on any atom is 0.293 e. The fraction of sp³-hybridized carbons (Fsp3) is 0.200. The van der Waals surface area contributed by atoms with Gasteiger partial charge in [-0.15, -0.1) is 0 Å². The number of nitrogens with two attached hydrogens (primary N) is 2. The summed E-state index contributed by atoms with van der Waals surface area (Å²) in [7, 11) is 0. The second-order valence-electron chi connectivity index (χ2n) is 3.68. The molecule has 0 aromatic heterocycles. The number of rotatable bonds is 6. The molecule has 19 heavy (non-hydrogen) atoms. The van der Waals surface area contributed by atoms with E-state index in [9.17, 15) is 19.7 Å². The van der Waals surface area contributed by atoms with Gasteiger partial charge >= 0.3 is 0 Å². The Kier molecular flexibility index (Phi) is 4.81. The molecule has 0 heterocycles. The fourth-order valence-corrected chi connectivity index (χ4v) is 1.86. The summed E-state index contributed by atoms with van der Waals surface area (Å²) in [5.74, 6) is -1.45. The summed E-state index contributed by atoms with van der Waals surface area (Å²) in [4.78, 5) is 33.4. The first-order chi connectivity index (χ1) is 8.81. The zero-order valence-corrected chi connectivity index (χ0v) is 11.3. The van der Waals surface area contributed by atoms with Crippen molar-refractivity contribution in [3.8, 4) is 0 Å². The van der Waals surface area contributed by atoms with E-state index >= 15 is 0 Å². The third-order valence-electron chi connectivity index (χ3n) is 2.17. The van der Waals surface area contributed by atoms with E-state index < -0.39 is 16.7 Å². The molecule has 0 atom stereocenters. The third kappa shape index (κ3) is 4.21. The maximum atomic E-state index is 11.0. The predicted octanol–water partition coefficient (Wildman–Crippen LogP) is 0.134. The second kappa shape index (κ2) is 6.14. The van der Waals surface area contributed by atoms with Crippen molar-refractivity contribution in [1.29, 1.82) is 0 Å². The molecule has 102 valence electrons. The first kappa shape index (κ1) is 14.9. The summed E-state index contributed by atoms with van der Waals surface area (Å²) in [5.41, 5.74) is 9.95. The quantitative estimate of drug-likeness (QED) is 0.565. The molecule has 2 amide bonds. The molecule has 4 N–H and O–H groups in total. The van der Waals surface area contributed by atoms with Crippen molar-refractivity contribution in [2.75, 3.05) is 18.0 Å². The minimum atomic E-state index is -0.724. The number of carbonyl (C=O) groups excluding carboxylic acids is 2. The molecule has 0 aliphatic rings. The van der Waals surface area contributed by atoms with Crippen LogP contribution in [-0.4, -0.2) is 29.8 Å². The standard InChI is InChI=1S/C10H11BrN4O4/c11-6-1-2-7(8(3-6)15(18)19)14(4-9(12)16)5-10(13)17/h1-3H,4-5H2,(H2,12,16)(H2,13,17). The van der Waals surface area contributed by atoms with Gasteiger partial charge in [0.2, 0.25) is 11.8 Å². The number of amides is 2. The van der Waals surface area contributed by atoms with E-state index in [1.807, 2.05) is 0 Å². The van der Waals surface area contributed by atoms with E-state index in [0.29, 0.717) is 4.47 Å². The van der Waals surface area contributed by atoms with Gasteiger partial charge in [-0.25, -0.2) is 0 Å². The number of hydrogen-bond acceptors (Lipinski definition) is 5. The van der Waals surface area contributed by atoms with Crippen LogP contribution in [0.4, 0.5) is 11.4 Å². The Morgan fingerprint density at radius 1 is 1.26 bits per heavy atom. The van der Waals surface area contributed by atoms with E-state index in [2.05, 4.69) is 15.9 Å². The molecule has 0 spiro atoms.